The average Bonchev–Trinajstić information content (AvgIpc) is 2.39. The molecular formula is C16H23BrFNO. The van der Waals surface area contributed by atoms with Crippen LogP contribution in [0.5, 0.6) is 0 Å². The molecule has 2 nitrogen and oxygen atoms in total. The molecule has 1 fully saturated rings. The molecule has 112 valence electrons. The van der Waals surface area contributed by atoms with Gasteiger partial charge in [-0.3, -0.25) is 0 Å². The van der Waals surface area contributed by atoms with Crippen LogP contribution >= 0.6 is 15.9 Å². The summed E-state index contributed by atoms with van der Waals surface area (Å²) in [5, 5.41) is 14.0. The van der Waals surface area contributed by atoms with Gasteiger partial charge in [-0.2, -0.15) is 0 Å². The van der Waals surface area contributed by atoms with Crippen LogP contribution < -0.4 is 5.32 Å². The van der Waals surface area contributed by atoms with Gasteiger partial charge in [-0.25, -0.2) is 4.39 Å². The Morgan fingerprint density at radius 3 is 2.95 bits per heavy atom. The Hall–Kier alpha value is -0.450. The lowest BCUT2D eigenvalue weighted by atomic mass is 9.79. The number of aliphatic hydroxyl groups is 1. The van der Waals surface area contributed by atoms with Gasteiger partial charge in [0.25, 0.3) is 0 Å². The van der Waals surface area contributed by atoms with E-state index in [-0.39, 0.29) is 11.9 Å². The van der Waals surface area contributed by atoms with Crippen molar-refractivity contribution in [2.75, 3.05) is 6.54 Å². The maximum atomic E-state index is 13.2. The Labute approximate surface area is 128 Å². The van der Waals surface area contributed by atoms with Gasteiger partial charge in [0.1, 0.15) is 5.82 Å². The van der Waals surface area contributed by atoms with Crippen LogP contribution in [0, 0.1) is 11.7 Å². The summed E-state index contributed by atoms with van der Waals surface area (Å²) in [5.41, 5.74) is 0.425. The van der Waals surface area contributed by atoms with Crippen LogP contribution in [-0.4, -0.2) is 17.3 Å². The van der Waals surface area contributed by atoms with E-state index in [1.54, 1.807) is 12.1 Å². The minimum Gasteiger partial charge on any atom is -0.389 e. The maximum Gasteiger partial charge on any atom is 0.137 e. The second kappa shape index (κ2) is 6.54. The molecular weight excluding hydrogens is 321 g/mol. The Morgan fingerprint density at radius 2 is 2.30 bits per heavy atom. The van der Waals surface area contributed by atoms with Crippen LogP contribution in [0.15, 0.2) is 22.7 Å². The standard InChI is InChI=1S/C16H23BrFNO/c1-11-4-3-7-16(20,9-11)10-19-12(2)13-5-6-15(18)14(17)8-13/h5-6,8,11-12,19-20H,3-4,7,9-10H2,1-2H3. The number of benzene rings is 1. The lowest BCUT2D eigenvalue weighted by Crippen LogP contribution is -2.44. The highest BCUT2D eigenvalue weighted by Gasteiger charge is 2.32. The molecule has 1 aliphatic carbocycles. The van der Waals surface area contributed by atoms with Crippen molar-refractivity contribution in [2.45, 2.75) is 51.2 Å². The summed E-state index contributed by atoms with van der Waals surface area (Å²) in [4.78, 5) is 0. The molecule has 1 aliphatic rings. The molecule has 1 saturated carbocycles. The first kappa shape index (κ1) is 15.9. The number of hydrogen-bond acceptors (Lipinski definition) is 2. The molecule has 0 radical (unpaired) electrons. The van der Waals surface area contributed by atoms with E-state index in [2.05, 4.69) is 28.2 Å². The lowest BCUT2D eigenvalue weighted by molar-refractivity contribution is -0.0134. The zero-order chi connectivity index (χ0) is 14.8. The fourth-order valence-corrected chi connectivity index (χ4v) is 3.43. The molecule has 0 saturated heterocycles. The van der Waals surface area contributed by atoms with Gasteiger partial charge in [-0.05, 0) is 59.3 Å². The summed E-state index contributed by atoms with van der Waals surface area (Å²) in [5.74, 6) is 0.339. The summed E-state index contributed by atoms with van der Waals surface area (Å²) >= 11 is 3.21. The van der Waals surface area contributed by atoms with Gasteiger partial charge >= 0.3 is 0 Å². The number of rotatable bonds is 4. The summed E-state index contributed by atoms with van der Waals surface area (Å²) in [6, 6.07) is 5.13. The van der Waals surface area contributed by atoms with Crippen molar-refractivity contribution in [1.82, 2.24) is 5.32 Å². The third-order valence-electron chi connectivity index (χ3n) is 4.25. The molecule has 2 rings (SSSR count). The van der Waals surface area contributed by atoms with Crippen LogP contribution in [0.25, 0.3) is 0 Å². The molecule has 4 heteroatoms. The summed E-state index contributed by atoms with van der Waals surface area (Å²) in [6.45, 7) is 4.83. The van der Waals surface area contributed by atoms with Crippen LogP contribution in [0.1, 0.15) is 51.1 Å². The SMILES string of the molecule is CC1CCCC(O)(CNC(C)c2ccc(F)c(Br)c2)C1. The first-order valence-corrected chi connectivity index (χ1v) is 8.10. The number of hydrogen-bond donors (Lipinski definition) is 2. The molecule has 20 heavy (non-hydrogen) atoms. The largest absolute Gasteiger partial charge is 0.389 e. The zero-order valence-corrected chi connectivity index (χ0v) is 13.7. The molecule has 0 aromatic heterocycles. The Bertz CT molecular complexity index is 468. The molecule has 0 bridgehead atoms. The molecule has 0 spiro atoms. The summed E-state index contributed by atoms with van der Waals surface area (Å²) in [7, 11) is 0. The summed E-state index contributed by atoms with van der Waals surface area (Å²) in [6.07, 6.45) is 4.03. The third-order valence-corrected chi connectivity index (χ3v) is 4.86. The first-order chi connectivity index (χ1) is 9.39. The van der Waals surface area contributed by atoms with Crippen molar-refractivity contribution in [3.8, 4) is 0 Å². The third kappa shape index (κ3) is 4.03. The second-order valence-corrected chi connectivity index (χ2v) is 7.06. The molecule has 2 N–H and O–H groups in total. The van der Waals surface area contributed by atoms with E-state index < -0.39 is 5.60 Å². The van der Waals surface area contributed by atoms with E-state index >= 15 is 0 Å². The van der Waals surface area contributed by atoms with E-state index in [9.17, 15) is 9.50 Å². The van der Waals surface area contributed by atoms with Crippen molar-refractivity contribution < 1.29 is 9.50 Å². The van der Waals surface area contributed by atoms with E-state index in [4.69, 9.17) is 0 Å². The minimum absolute atomic E-state index is 0.0909. The van der Waals surface area contributed by atoms with E-state index in [1.807, 2.05) is 6.92 Å². The van der Waals surface area contributed by atoms with E-state index in [0.29, 0.717) is 16.9 Å². The normalized spacial score (nSPS) is 28.4. The highest BCUT2D eigenvalue weighted by molar-refractivity contribution is 9.10. The molecule has 0 aliphatic heterocycles. The lowest BCUT2D eigenvalue weighted by Gasteiger charge is -2.36. The first-order valence-electron chi connectivity index (χ1n) is 7.30. The Morgan fingerprint density at radius 1 is 1.55 bits per heavy atom. The van der Waals surface area contributed by atoms with Crippen molar-refractivity contribution in [3.05, 3.63) is 34.1 Å². The van der Waals surface area contributed by atoms with Crippen molar-refractivity contribution in [1.29, 1.82) is 0 Å². The summed E-state index contributed by atoms with van der Waals surface area (Å²) < 4.78 is 13.7. The van der Waals surface area contributed by atoms with Crippen LogP contribution in [0.3, 0.4) is 0 Å². The smallest absolute Gasteiger partial charge is 0.137 e. The predicted octanol–water partition coefficient (Wildman–Crippen LogP) is 4.18. The van der Waals surface area contributed by atoms with Crippen LogP contribution in [-0.2, 0) is 0 Å². The average molecular weight is 344 g/mol. The molecule has 1 aromatic rings. The van der Waals surface area contributed by atoms with Gasteiger partial charge < -0.3 is 10.4 Å². The number of nitrogens with one attached hydrogen (secondary N) is 1. The Balaban J connectivity index is 1.94. The van der Waals surface area contributed by atoms with Crippen LogP contribution in [0.4, 0.5) is 4.39 Å². The molecule has 0 amide bonds. The van der Waals surface area contributed by atoms with Crippen molar-refractivity contribution in [2.24, 2.45) is 5.92 Å². The van der Waals surface area contributed by atoms with Crippen molar-refractivity contribution in [3.63, 3.8) is 0 Å². The highest BCUT2D eigenvalue weighted by atomic mass is 79.9. The fraction of sp³-hybridized carbons (Fsp3) is 0.625. The minimum atomic E-state index is -0.594. The van der Waals surface area contributed by atoms with Crippen LogP contribution in [0.2, 0.25) is 0 Å². The molecule has 1 aromatic carbocycles. The van der Waals surface area contributed by atoms with Gasteiger partial charge in [0.15, 0.2) is 0 Å². The highest BCUT2D eigenvalue weighted by Crippen LogP contribution is 2.32. The van der Waals surface area contributed by atoms with Gasteiger partial charge in [0, 0.05) is 12.6 Å². The van der Waals surface area contributed by atoms with E-state index in [1.165, 1.54) is 12.5 Å². The van der Waals surface area contributed by atoms with Gasteiger partial charge in [-0.15, -0.1) is 0 Å². The fourth-order valence-electron chi connectivity index (χ4n) is 3.04. The van der Waals surface area contributed by atoms with E-state index in [0.717, 1.165) is 24.8 Å². The predicted molar refractivity (Wildman–Crippen MR) is 83.1 cm³/mol. The maximum absolute atomic E-state index is 13.2. The van der Waals surface area contributed by atoms with Crippen molar-refractivity contribution >= 4 is 15.9 Å². The van der Waals surface area contributed by atoms with Gasteiger partial charge in [0.05, 0.1) is 10.1 Å². The zero-order valence-electron chi connectivity index (χ0n) is 12.1. The van der Waals surface area contributed by atoms with Gasteiger partial charge in [-0.1, -0.05) is 25.8 Å². The molecule has 3 unspecified atom stereocenters. The van der Waals surface area contributed by atoms with Gasteiger partial charge in [0.2, 0.25) is 0 Å². The molecule has 0 heterocycles. The Kier molecular flexibility index (Phi) is 5.21. The quantitative estimate of drug-likeness (QED) is 0.859. The number of halogens is 2. The second-order valence-electron chi connectivity index (χ2n) is 6.20. The topological polar surface area (TPSA) is 32.3 Å². The molecule has 3 atom stereocenters. The monoisotopic (exact) mass is 343 g/mol.